The number of thiazole rings is 1. The average molecular weight is 317 g/mol. The van der Waals surface area contributed by atoms with Crippen molar-refractivity contribution in [2.75, 3.05) is 14.2 Å². The van der Waals surface area contributed by atoms with Crippen LogP contribution < -0.4 is 15.2 Å². The van der Waals surface area contributed by atoms with Gasteiger partial charge in [-0.05, 0) is 18.2 Å². The van der Waals surface area contributed by atoms with Gasteiger partial charge in [0, 0.05) is 22.8 Å². The van der Waals surface area contributed by atoms with Crippen LogP contribution in [-0.4, -0.2) is 29.5 Å². The monoisotopic (exact) mass is 317 g/mol. The van der Waals surface area contributed by atoms with E-state index in [0.29, 0.717) is 5.75 Å². The second kappa shape index (κ2) is 5.69. The van der Waals surface area contributed by atoms with E-state index in [1.165, 1.54) is 11.3 Å². The van der Waals surface area contributed by atoms with Crippen LogP contribution >= 0.6 is 11.3 Å². The molecule has 0 saturated carbocycles. The second-order valence-electron chi connectivity index (χ2n) is 4.72. The summed E-state index contributed by atoms with van der Waals surface area (Å²) in [5.74, 6) is 1.07. The zero-order chi connectivity index (χ0) is 15.7. The van der Waals surface area contributed by atoms with E-state index in [1.54, 1.807) is 14.2 Å². The largest absolute Gasteiger partial charge is 0.497 e. The van der Waals surface area contributed by atoms with Gasteiger partial charge in [0.25, 0.3) is 0 Å². The molecule has 22 heavy (non-hydrogen) atoms. The standard InChI is InChI=1S/C15H15N3O3S/c1-20-10-3-4-13(21-2)11(6-10)12-7-18-9(5-14(16)19)8-22-15(18)17-12/h3-4,6-8H,5H2,1-2H3,(H2,16,19). The van der Waals surface area contributed by atoms with E-state index in [9.17, 15) is 4.79 Å². The normalized spacial score (nSPS) is 10.8. The Kier molecular flexibility index (Phi) is 3.72. The third-order valence-electron chi connectivity index (χ3n) is 3.32. The van der Waals surface area contributed by atoms with E-state index in [0.717, 1.165) is 27.7 Å². The van der Waals surface area contributed by atoms with Crippen LogP contribution in [0.5, 0.6) is 11.5 Å². The van der Waals surface area contributed by atoms with Gasteiger partial charge in [-0.25, -0.2) is 4.98 Å². The molecular formula is C15H15N3O3S. The highest BCUT2D eigenvalue weighted by Crippen LogP contribution is 2.34. The number of ether oxygens (including phenoxy) is 2. The molecule has 114 valence electrons. The van der Waals surface area contributed by atoms with Crippen LogP contribution in [0, 0.1) is 0 Å². The third kappa shape index (κ3) is 2.50. The minimum atomic E-state index is -0.367. The van der Waals surface area contributed by atoms with E-state index in [4.69, 9.17) is 15.2 Å². The van der Waals surface area contributed by atoms with Gasteiger partial charge in [-0.2, -0.15) is 0 Å². The number of nitrogens with two attached hydrogens (primary N) is 1. The molecule has 0 radical (unpaired) electrons. The van der Waals surface area contributed by atoms with Crippen molar-refractivity contribution in [3.8, 4) is 22.8 Å². The Morgan fingerprint density at radius 1 is 1.36 bits per heavy atom. The van der Waals surface area contributed by atoms with Gasteiger partial charge in [-0.1, -0.05) is 0 Å². The Labute approximate surface area is 131 Å². The first-order valence-corrected chi connectivity index (χ1v) is 7.46. The number of imidazole rings is 1. The van der Waals surface area contributed by atoms with Crippen LogP contribution in [0.2, 0.25) is 0 Å². The third-order valence-corrected chi connectivity index (χ3v) is 4.21. The van der Waals surface area contributed by atoms with Gasteiger partial charge in [0.2, 0.25) is 5.91 Å². The molecule has 0 spiro atoms. The fourth-order valence-corrected chi connectivity index (χ4v) is 3.15. The number of hydrogen-bond donors (Lipinski definition) is 1. The van der Waals surface area contributed by atoms with Crippen molar-refractivity contribution < 1.29 is 14.3 Å². The van der Waals surface area contributed by atoms with Crippen LogP contribution in [0.15, 0.2) is 29.8 Å². The Bertz CT molecular complexity index is 838. The Morgan fingerprint density at radius 2 is 2.18 bits per heavy atom. The molecule has 3 aromatic rings. The number of benzene rings is 1. The lowest BCUT2D eigenvalue weighted by Gasteiger charge is -2.08. The SMILES string of the molecule is COc1ccc(OC)c(-c2cn3c(CC(N)=O)csc3n2)c1. The summed E-state index contributed by atoms with van der Waals surface area (Å²) < 4.78 is 12.5. The van der Waals surface area contributed by atoms with Gasteiger partial charge in [0.1, 0.15) is 11.5 Å². The molecule has 2 N–H and O–H groups in total. The molecule has 2 heterocycles. The van der Waals surface area contributed by atoms with E-state index >= 15 is 0 Å². The highest BCUT2D eigenvalue weighted by molar-refractivity contribution is 7.15. The number of rotatable bonds is 5. The quantitative estimate of drug-likeness (QED) is 0.781. The van der Waals surface area contributed by atoms with Crippen molar-refractivity contribution >= 4 is 22.2 Å². The molecule has 3 rings (SSSR count). The van der Waals surface area contributed by atoms with Gasteiger partial charge in [0.15, 0.2) is 4.96 Å². The van der Waals surface area contributed by atoms with Gasteiger partial charge < -0.3 is 15.2 Å². The first-order chi connectivity index (χ1) is 10.6. The summed E-state index contributed by atoms with van der Waals surface area (Å²) in [6.07, 6.45) is 2.06. The van der Waals surface area contributed by atoms with Crippen molar-refractivity contribution in [2.24, 2.45) is 5.73 Å². The van der Waals surface area contributed by atoms with E-state index < -0.39 is 0 Å². The van der Waals surface area contributed by atoms with E-state index in [1.807, 2.05) is 34.2 Å². The van der Waals surface area contributed by atoms with Crippen LogP contribution in [0.1, 0.15) is 5.69 Å². The Balaban J connectivity index is 2.10. The summed E-state index contributed by atoms with van der Waals surface area (Å²) in [5.41, 5.74) is 7.69. The molecule has 7 heteroatoms. The second-order valence-corrected chi connectivity index (χ2v) is 5.55. The lowest BCUT2D eigenvalue weighted by molar-refractivity contribution is -0.117. The minimum absolute atomic E-state index is 0.186. The molecule has 0 aliphatic carbocycles. The number of fused-ring (bicyclic) bond motifs is 1. The maximum atomic E-state index is 11.1. The summed E-state index contributed by atoms with van der Waals surface area (Å²) in [4.78, 5) is 16.5. The lowest BCUT2D eigenvalue weighted by atomic mass is 10.1. The number of amides is 1. The van der Waals surface area contributed by atoms with Crippen molar-refractivity contribution in [1.29, 1.82) is 0 Å². The number of carbonyl (C=O) groups is 1. The fraction of sp³-hybridized carbons (Fsp3) is 0.200. The molecule has 0 atom stereocenters. The minimum Gasteiger partial charge on any atom is -0.497 e. The Hall–Kier alpha value is -2.54. The molecule has 0 aliphatic rings. The number of methoxy groups -OCH3 is 2. The fourth-order valence-electron chi connectivity index (χ4n) is 2.28. The Morgan fingerprint density at radius 3 is 2.86 bits per heavy atom. The number of carbonyl (C=O) groups excluding carboxylic acids is 1. The molecule has 1 aromatic carbocycles. The summed E-state index contributed by atoms with van der Waals surface area (Å²) >= 11 is 1.47. The molecule has 0 saturated heterocycles. The summed E-state index contributed by atoms with van der Waals surface area (Å²) in [6.45, 7) is 0. The van der Waals surface area contributed by atoms with E-state index in [2.05, 4.69) is 4.98 Å². The molecule has 0 aliphatic heterocycles. The maximum absolute atomic E-state index is 11.1. The van der Waals surface area contributed by atoms with Crippen molar-refractivity contribution in [1.82, 2.24) is 9.38 Å². The van der Waals surface area contributed by atoms with Crippen molar-refractivity contribution in [3.63, 3.8) is 0 Å². The first kappa shape index (κ1) is 14.4. The number of aromatic nitrogens is 2. The summed E-state index contributed by atoms with van der Waals surface area (Å²) in [7, 11) is 3.23. The molecule has 2 aromatic heterocycles. The van der Waals surface area contributed by atoms with Crippen molar-refractivity contribution in [3.05, 3.63) is 35.5 Å². The highest BCUT2D eigenvalue weighted by Gasteiger charge is 2.14. The van der Waals surface area contributed by atoms with Crippen molar-refractivity contribution in [2.45, 2.75) is 6.42 Å². The molecule has 6 nitrogen and oxygen atoms in total. The molecule has 0 unspecified atom stereocenters. The topological polar surface area (TPSA) is 78.9 Å². The van der Waals surface area contributed by atoms with Crippen LogP contribution in [0.25, 0.3) is 16.2 Å². The van der Waals surface area contributed by atoms with Gasteiger partial charge in [0.05, 0.1) is 26.3 Å². The number of hydrogen-bond acceptors (Lipinski definition) is 5. The van der Waals surface area contributed by atoms with Gasteiger partial charge in [-0.15, -0.1) is 11.3 Å². The zero-order valence-electron chi connectivity index (χ0n) is 12.2. The average Bonchev–Trinajstić information content (AvgIpc) is 3.08. The van der Waals surface area contributed by atoms with E-state index in [-0.39, 0.29) is 12.3 Å². The molecular weight excluding hydrogens is 302 g/mol. The smallest absolute Gasteiger partial charge is 0.223 e. The van der Waals surface area contributed by atoms with Crippen LogP contribution in [0.4, 0.5) is 0 Å². The first-order valence-electron chi connectivity index (χ1n) is 6.58. The predicted octanol–water partition coefficient (Wildman–Crippen LogP) is 2.11. The zero-order valence-corrected chi connectivity index (χ0v) is 13.0. The molecule has 0 bridgehead atoms. The molecule has 1 amide bonds. The number of nitrogens with zero attached hydrogens (tertiary/aromatic N) is 2. The highest BCUT2D eigenvalue weighted by atomic mass is 32.1. The summed E-state index contributed by atoms with van der Waals surface area (Å²) in [6, 6.07) is 5.55. The van der Waals surface area contributed by atoms with Gasteiger partial charge in [-0.3, -0.25) is 9.20 Å². The maximum Gasteiger partial charge on any atom is 0.223 e. The van der Waals surface area contributed by atoms with Crippen LogP contribution in [-0.2, 0) is 11.2 Å². The lowest BCUT2D eigenvalue weighted by Crippen LogP contribution is -2.14. The van der Waals surface area contributed by atoms with Gasteiger partial charge >= 0.3 is 0 Å². The number of primary amides is 1. The summed E-state index contributed by atoms with van der Waals surface area (Å²) in [5, 5.41) is 1.89. The molecule has 0 fully saturated rings. The predicted molar refractivity (Wildman–Crippen MR) is 84.5 cm³/mol. The van der Waals surface area contributed by atoms with Crippen LogP contribution in [0.3, 0.4) is 0 Å².